The molecule has 0 fully saturated rings. The average Bonchev–Trinajstić information content (AvgIpc) is 2.95. The largest absolute Gasteiger partial charge is 0.366 e. The summed E-state index contributed by atoms with van der Waals surface area (Å²) in [6.07, 6.45) is 0. The van der Waals surface area contributed by atoms with Crippen LogP contribution in [0.2, 0.25) is 0 Å². The third-order valence-corrected chi connectivity index (χ3v) is 4.32. The van der Waals surface area contributed by atoms with Gasteiger partial charge in [0.05, 0.1) is 0 Å². The highest BCUT2D eigenvalue weighted by molar-refractivity contribution is 7.98. The van der Waals surface area contributed by atoms with Crippen molar-refractivity contribution < 1.29 is 4.79 Å². The molecule has 0 bridgehead atoms. The van der Waals surface area contributed by atoms with E-state index in [4.69, 9.17) is 11.6 Å². The molecule has 23 heavy (non-hydrogen) atoms. The highest BCUT2D eigenvalue weighted by atomic mass is 32.2. The number of benzene rings is 2. The lowest BCUT2D eigenvalue weighted by Gasteiger charge is -2.04. The molecule has 0 aliphatic heterocycles. The number of hydrogen-bond acceptors (Lipinski definition) is 5. The normalized spacial score (nSPS) is 10.6. The molecular formula is C16H15N5OS. The molecule has 3 rings (SSSR count). The number of carbonyl (C=O) groups is 1. The molecule has 116 valence electrons. The zero-order chi connectivity index (χ0) is 16.2. The van der Waals surface area contributed by atoms with Crippen molar-refractivity contribution >= 4 is 17.7 Å². The fraction of sp³-hybridized carbons (Fsp3) is 0.0625. The van der Waals surface area contributed by atoms with Crippen LogP contribution in [0, 0.1) is 0 Å². The van der Waals surface area contributed by atoms with Crippen LogP contribution in [0.5, 0.6) is 0 Å². The van der Waals surface area contributed by atoms with Crippen LogP contribution in [-0.4, -0.2) is 20.8 Å². The van der Waals surface area contributed by atoms with Crippen molar-refractivity contribution in [2.75, 3.05) is 5.84 Å². The van der Waals surface area contributed by atoms with Crippen LogP contribution in [0.1, 0.15) is 15.9 Å². The van der Waals surface area contributed by atoms with Crippen LogP contribution >= 0.6 is 11.8 Å². The van der Waals surface area contributed by atoms with Gasteiger partial charge in [-0.05, 0) is 17.7 Å². The van der Waals surface area contributed by atoms with Gasteiger partial charge in [0.2, 0.25) is 11.1 Å². The van der Waals surface area contributed by atoms with Crippen molar-refractivity contribution in [3.8, 4) is 11.4 Å². The van der Waals surface area contributed by atoms with Gasteiger partial charge in [-0.2, -0.15) is 0 Å². The molecule has 0 atom stereocenters. The summed E-state index contributed by atoms with van der Waals surface area (Å²) in [4.78, 5) is 11.1. The quantitative estimate of drug-likeness (QED) is 0.552. The molecule has 0 aliphatic rings. The van der Waals surface area contributed by atoms with E-state index in [9.17, 15) is 4.79 Å². The molecule has 3 aromatic rings. The molecule has 0 unspecified atom stereocenters. The first-order chi connectivity index (χ1) is 11.1. The highest BCUT2D eigenvalue weighted by Gasteiger charge is 2.12. The van der Waals surface area contributed by atoms with Gasteiger partial charge in [-0.15, -0.1) is 10.2 Å². The van der Waals surface area contributed by atoms with E-state index in [1.165, 1.54) is 16.4 Å². The second kappa shape index (κ2) is 6.53. The lowest BCUT2D eigenvalue weighted by molar-refractivity contribution is 0.100. The third-order valence-electron chi connectivity index (χ3n) is 3.30. The maximum absolute atomic E-state index is 11.1. The smallest absolute Gasteiger partial charge is 0.248 e. The molecule has 0 saturated heterocycles. The topological polar surface area (TPSA) is 99.8 Å². The molecule has 0 saturated carbocycles. The van der Waals surface area contributed by atoms with Crippen LogP contribution in [0.3, 0.4) is 0 Å². The van der Waals surface area contributed by atoms with Gasteiger partial charge in [0.25, 0.3) is 0 Å². The molecule has 0 radical (unpaired) electrons. The zero-order valence-corrected chi connectivity index (χ0v) is 13.0. The molecule has 2 aromatic carbocycles. The fourth-order valence-electron chi connectivity index (χ4n) is 2.07. The highest BCUT2D eigenvalue weighted by Crippen LogP contribution is 2.24. The number of aromatic nitrogens is 3. The number of nitrogens with two attached hydrogens (primary N) is 2. The number of thioether (sulfide) groups is 1. The summed E-state index contributed by atoms with van der Waals surface area (Å²) in [7, 11) is 0. The Morgan fingerprint density at radius 2 is 1.74 bits per heavy atom. The summed E-state index contributed by atoms with van der Waals surface area (Å²) < 4.78 is 1.48. The SMILES string of the molecule is NC(=O)c1ccc(CSc2nnc(-c3ccccc3)n2N)cc1. The molecule has 0 aliphatic carbocycles. The molecular weight excluding hydrogens is 310 g/mol. The summed E-state index contributed by atoms with van der Waals surface area (Å²) in [6.45, 7) is 0. The summed E-state index contributed by atoms with van der Waals surface area (Å²) in [6, 6.07) is 16.8. The summed E-state index contributed by atoms with van der Waals surface area (Å²) >= 11 is 1.48. The summed E-state index contributed by atoms with van der Waals surface area (Å²) in [5.41, 5.74) is 7.68. The minimum absolute atomic E-state index is 0.432. The van der Waals surface area contributed by atoms with Gasteiger partial charge in [0.1, 0.15) is 0 Å². The minimum atomic E-state index is -0.432. The number of nitrogen functional groups attached to an aromatic ring is 1. The lowest BCUT2D eigenvalue weighted by atomic mass is 10.1. The second-order valence-corrected chi connectivity index (χ2v) is 5.83. The van der Waals surface area contributed by atoms with Crippen molar-refractivity contribution in [3.05, 3.63) is 65.7 Å². The molecule has 6 nitrogen and oxygen atoms in total. The van der Waals surface area contributed by atoms with Crippen molar-refractivity contribution in [2.24, 2.45) is 5.73 Å². The van der Waals surface area contributed by atoms with E-state index in [2.05, 4.69) is 10.2 Å². The van der Waals surface area contributed by atoms with Crippen LogP contribution in [0.4, 0.5) is 0 Å². The Labute approximate surface area is 137 Å². The first kappa shape index (κ1) is 15.1. The van der Waals surface area contributed by atoms with Gasteiger partial charge in [-0.3, -0.25) is 4.79 Å². The van der Waals surface area contributed by atoms with Gasteiger partial charge >= 0.3 is 0 Å². The number of amides is 1. The minimum Gasteiger partial charge on any atom is -0.366 e. The predicted molar refractivity (Wildman–Crippen MR) is 90.1 cm³/mol. The Kier molecular flexibility index (Phi) is 4.29. The standard InChI is InChI=1S/C16H15N5OS/c17-14(22)12-8-6-11(7-9-12)10-23-16-20-19-15(21(16)18)13-4-2-1-3-5-13/h1-9H,10,18H2,(H2,17,22). The van der Waals surface area contributed by atoms with E-state index >= 15 is 0 Å². The fourth-order valence-corrected chi connectivity index (χ4v) is 2.88. The van der Waals surface area contributed by atoms with Crippen LogP contribution in [0.15, 0.2) is 59.8 Å². The van der Waals surface area contributed by atoms with Crippen molar-refractivity contribution in [1.82, 2.24) is 14.9 Å². The van der Waals surface area contributed by atoms with E-state index < -0.39 is 5.91 Å². The van der Waals surface area contributed by atoms with E-state index in [1.807, 2.05) is 42.5 Å². The maximum atomic E-state index is 11.1. The second-order valence-electron chi connectivity index (χ2n) is 4.89. The van der Waals surface area contributed by atoms with Gasteiger partial charge in [-0.1, -0.05) is 54.2 Å². The molecule has 0 spiro atoms. The average molecular weight is 325 g/mol. The number of rotatable bonds is 5. The van der Waals surface area contributed by atoms with E-state index in [0.717, 1.165) is 11.1 Å². The van der Waals surface area contributed by atoms with Gasteiger partial charge in [0, 0.05) is 16.9 Å². The predicted octanol–water partition coefficient (Wildman–Crippen LogP) is 2.05. The van der Waals surface area contributed by atoms with Gasteiger partial charge < -0.3 is 11.6 Å². The Bertz CT molecular complexity index is 814. The third kappa shape index (κ3) is 3.35. The molecule has 4 N–H and O–H groups in total. The van der Waals surface area contributed by atoms with E-state index in [-0.39, 0.29) is 0 Å². The number of primary amides is 1. The van der Waals surface area contributed by atoms with Crippen molar-refractivity contribution in [2.45, 2.75) is 10.9 Å². The number of carbonyl (C=O) groups excluding carboxylic acids is 1. The van der Waals surface area contributed by atoms with Crippen LogP contribution < -0.4 is 11.6 Å². The van der Waals surface area contributed by atoms with Crippen LogP contribution in [-0.2, 0) is 5.75 Å². The first-order valence-electron chi connectivity index (χ1n) is 6.92. The molecule has 1 heterocycles. The van der Waals surface area contributed by atoms with E-state index in [0.29, 0.717) is 22.3 Å². The first-order valence-corrected chi connectivity index (χ1v) is 7.91. The Hall–Kier alpha value is -2.80. The molecule has 1 amide bonds. The van der Waals surface area contributed by atoms with E-state index in [1.54, 1.807) is 12.1 Å². The van der Waals surface area contributed by atoms with Gasteiger partial charge in [-0.25, -0.2) is 4.68 Å². The van der Waals surface area contributed by atoms with Crippen molar-refractivity contribution in [1.29, 1.82) is 0 Å². The Morgan fingerprint density at radius 3 is 2.39 bits per heavy atom. The number of nitrogens with zero attached hydrogens (tertiary/aromatic N) is 3. The van der Waals surface area contributed by atoms with Gasteiger partial charge in [0.15, 0.2) is 5.82 Å². The summed E-state index contributed by atoms with van der Waals surface area (Å²) in [5, 5.41) is 8.90. The van der Waals surface area contributed by atoms with Crippen LogP contribution in [0.25, 0.3) is 11.4 Å². The van der Waals surface area contributed by atoms with Crippen molar-refractivity contribution in [3.63, 3.8) is 0 Å². The molecule has 1 aromatic heterocycles. The lowest BCUT2D eigenvalue weighted by Crippen LogP contribution is -2.11. The zero-order valence-electron chi connectivity index (χ0n) is 12.2. The number of hydrogen-bond donors (Lipinski definition) is 2. The Morgan fingerprint density at radius 1 is 1.04 bits per heavy atom. The Balaban J connectivity index is 1.72. The monoisotopic (exact) mass is 325 g/mol. The molecule has 7 heteroatoms. The maximum Gasteiger partial charge on any atom is 0.248 e. The summed E-state index contributed by atoms with van der Waals surface area (Å²) in [5.74, 6) is 6.93.